The van der Waals surface area contributed by atoms with E-state index in [1.54, 1.807) is 6.07 Å². The van der Waals surface area contributed by atoms with Crippen LogP contribution in [0.4, 0.5) is 13.2 Å². The topological polar surface area (TPSA) is 38.9 Å². The lowest BCUT2D eigenvalue weighted by atomic mass is 10.2. The van der Waals surface area contributed by atoms with E-state index in [-0.39, 0.29) is 16.3 Å². The van der Waals surface area contributed by atoms with Crippen LogP contribution in [0.25, 0.3) is 22.1 Å². The number of halogens is 5. The van der Waals surface area contributed by atoms with Crippen LogP contribution in [0.15, 0.2) is 22.6 Å². The van der Waals surface area contributed by atoms with E-state index >= 15 is 0 Å². The molecule has 19 heavy (non-hydrogen) atoms. The first-order valence-electron chi connectivity index (χ1n) is 4.99. The summed E-state index contributed by atoms with van der Waals surface area (Å²) in [6.45, 7) is 0. The second kappa shape index (κ2) is 3.98. The lowest BCUT2D eigenvalue weighted by Crippen LogP contribution is -2.10. The van der Waals surface area contributed by atoms with E-state index < -0.39 is 12.0 Å². The normalized spacial score (nSPS) is 12.5. The van der Waals surface area contributed by atoms with Crippen molar-refractivity contribution in [3.63, 3.8) is 0 Å². The Morgan fingerprint density at radius 3 is 2.53 bits per heavy atom. The molecule has 0 radical (unpaired) electrons. The van der Waals surface area contributed by atoms with E-state index in [0.717, 1.165) is 0 Å². The number of alkyl halides is 3. The predicted octanol–water partition coefficient (Wildman–Crippen LogP) is 4.70. The summed E-state index contributed by atoms with van der Waals surface area (Å²) in [5.41, 5.74) is 0.340. The smallest absolute Gasteiger partial charge is 0.451 e. The zero-order valence-corrected chi connectivity index (χ0v) is 10.4. The van der Waals surface area contributed by atoms with Crippen molar-refractivity contribution in [1.82, 2.24) is 9.97 Å². The van der Waals surface area contributed by atoms with Crippen molar-refractivity contribution in [3.05, 3.63) is 34.2 Å². The number of fused-ring (bicyclic) bond motifs is 3. The van der Waals surface area contributed by atoms with Gasteiger partial charge in [-0.2, -0.15) is 13.2 Å². The SMILES string of the molecule is FC(F)(F)c1nc(Cl)c2oc3ccc(Cl)cc3c2n1. The maximum Gasteiger partial charge on any atom is 0.451 e. The van der Waals surface area contributed by atoms with E-state index in [9.17, 15) is 13.2 Å². The number of hydrogen-bond donors (Lipinski definition) is 0. The van der Waals surface area contributed by atoms with Gasteiger partial charge in [-0.25, -0.2) is 9.97 Å². The third-order valence-corrected chi connectivity index (χ3v) is 2.98. The molecule has 0 unspecified atom stereocenters. The summed E-state index contributed by atoms with van der Waals surface area (Å²) in [6, 6.07) is 4.55. The minimum absolute atomic E-state index is 0.00642. The van der Waals surface area contributed by atoms with Gasteiger partial charge in [-0.15, -0.1) is 0 Å². The van der Waals surface area contributed by atoms with Crippen LogP contribution >= 0.6 is 23.2 Å². The first-order chi connectivity index (χ1) is 8.86. The van der Waals surface area contributed by atoms with Gasteiger partial charge in [-0.1, -0.05) is 23.2 Å². The molecule has 0 fully saturated rings. The highest BCUT2D eigenvalue weighted by Gasteiger charge is 2.36. The summed E-state index contributed by atoms with van der Waals surface area (Å²) in [5, 5.41) is 0.334. The van der Waals surface area contributed by atoms with Crippen LogP contribution in [0.5, 0.6) is 0 Å². The maximum atomic E-state index is 12.6. The third-order valence-electron chi connectivity index (χ3n) is 2.49. The second-order valence-corrected chi connectivity index (χ2v) is 4.55. The summed E-state index contributed by atoms with van der Waals surface area (Å²) in [7, 11) is 0. The zero-order valence-electron chi connectivity index (χ0n) is 8.92. The molecule has 0 saturated heterocycles. The fraction of sp³-hybridized carbons (Fsp3) is 0.0909. The summed E-state index contributed by atoms with van der Waals surface area (Å²) >= 11 is 11.5. The van der Waals surface area contributed by atoms with Crippen LogP contribution in [0.1, 0.15) is 5.82 Å². The first kappa shape index (κ1) is 12.5. The van der Waals surface area contributed by atoms with Gasteiger partial charge in [-0.05, 0) is 18.2 Å². The second-order valence-electron chi connectivity index (χ2n) is 3.76. The van der Waals surface area contributed by atoms with Crippen molar-refractivity contribution in [3.8, 4) is 0 Å². The van der Waals surface area contributed by atoms with Crippen LogP contribution in [-0.4, -0.2) is 9.97 Å². The van der Waals surface area contributed by atoms with Crippen LogP contribution in [0.3, 0.4) is 0 Å². The van der Waals surface area contributed by atoms with Crippen molar-refractivity contribution in [2.45, 2.75) is 6.18 Å². The molecular weight excluding hydrogens is 304 g/mol. The number of aromatic nitrogens is 2. The van der Waals surface area contributed by atoms with Crippen LogP contribution < -0.4 is 0 Å². The van der Waals surface area contributed by atoms with Crippen LogP contribution in [0, 0.1) is 0 Å². The Morgan fingerprint density at radius 2 is 1.84 bits per heavy atom. The fourth-order valence-corrected chi connectivity index (χ4v) is 2.09. The molecule has 8 heteroatoms. The molecule has 98 valence electrons. The van der Waals surface area contributed by atoms with Gasteiger partial charge >= 0.3 is 6.18 Å². The molecule has 0 bridgehead atoms. The molecular formula is C11H3Cl2F3N2O. The lowest BCUT2D eigenvalue weighted by molar-refractivity contribution is -0.144. The molecule has 2 heterocycles. The van der Waals surface area contributed by atoms with Crippen LogP contribution in [-0.2, 0) is 6.18 Å². The Bertz CT molecular complexity index is 798. The highest BCUT2D eigenvalue weighted by atomic mass is 35.5. The molecule has 0 atom stereocenters. The summed E-state index contributed by atoms with van der Waals surface area (Å²) in [5.74, 6) is -1.31. The van der Waals surface area contributed by atoms with Gasteiger partial charge in [0.25, 0.3) is 0 Å². The largest absolute Gasteiger partial charge is 0.451 e. The molecule has 0 spiro atoms. The fourth-order valence-electron chi connectivity index (χ4n) is 1.71. The van der Waals surface area contributed by atoms with E-state index in [2.05, 4.69) is 9.97 Å². The number of benzene rings is 1. The number of furan rings is 1. The van der Waals surface area contributed by atoms with E-state index in [0.29, 0.717) is 16.0 Å². The summed E-state index contributed by atoms with van der Waals surface area (Å²) in [6.07, 6.45) is -4.68. The van der Waals surface area contributed by atoms with E-state index in [4.69, 9.17) is 27.6 Å². The van der Waals surface area contributed by atoms with E-state index in [1.165, 1.54) is 12.1 Å². The molecule has 2 aromatic heterocycles. The Hall–Kier alpha value is -1.53. The summed E-state index contributed by atoms with van der Waals surface area (Å²) < 4.78 is 43.2. The van der Waals surface area contributed by atoms with E-state index in [1.807, 2.05) is 0 Å². The van der Waals surface area contributed by atoms with Crippen LogP contribution in [0.2, 0.25) is 10.2 Å². The molecule has 1 aromatic carbocycles. The van der Waals surface area contributed by atoms with Crippen molar-refractivity contribution in [2.24, 2.45) is 0 Å². The Kier molecular flexibility index (Phi) is 2.62. The minimum atomic E-state index is -4.68. The van der Waals surface area contributed by atoms with Gasteiger partial charge in [0, 0.05) is 10.4 Å². The Balaban J connectivity index is 2.44. The number of hydrogen-bond acceptors (Lipinski definition) is 3. The standard InChI is InChI=1S/C11H3Cl2F3N2O/c12-4-1-2-6-5(3-4)7-8(19-6)9(13)18-10(17-7)11(14,15)16/h1-3H. The molecule has 3 nitrogen and oxygen atoms in total. The monoisotopic (exact) mass is 306 g/mol. The highest BCUT2D eigenvalue weighted by molar-refractivity contribution is 6.35. The average molecular weight is 307 g/mol. The van der Waals surface area contributed by atoms with Gasteiger partial charge in [0.05, 0.1) is 0 Å². The molecule has 3 rings (SSSR count). The summed E-state index contributed by atoms with van der Waals surface area (Å²) in [4.78, 5) is 6.66. The van der Waals surface area contributed by atoms with Gasteiger partial charge in [-0.3, -0.25) is 0 Å². The molecule has 0 aliphatic rings. The maximum absolute atomic E-state index is 12.6. The van der Waals surface area contributed by atoms with Crippen molar-refractivity contribution in [2.75, 3.05) is 0 Å². The molecule has 0 N–H and O–H groups in total. The Labute approximate surface area is 113 Å². The highest BCUT2D eigenvalue weighted by Crippen LogP contribution is 2.35. The average Bonchev–Trinajstić information content (AvgIpc) is 2.67. The predicted molar refractivity (Wildman–Crippen MR) is 64.3 cm³/mol. The molecule has 0 aliphatic heterocycles. The van der Waals surface area contributed by atoms with Gasteiger partial charge in [0.1, 0.15) is 11.1 Å². The molecule has 0 saturated carbocycles. The van der Waals surface area contributed by atoms with Crippen molar-refractivity contribution < 1.29 is 17.6 Å². The van der Waals surface area contributed by atoms with Crippen molar-refractivity contribution in [1.29, 1.82) is 0 Å². The van der Waals surface area contributed by atoms with Crippen molar-refractivity contribution >= 4 is 45.3 Å². The quantitative estimate of drug-likeness (QED) is 0.565. The number of rotatable bonds is 0. The molecule has 0 amide bonds. The molecule has 0 aliphatic carbocycles. The third kappa shape index (κ3) is 2.01. The van der Waals surface area contributed by atoms with Gasteiger partial charge in [0.2, 0.25) is 5.82 Å². The molecule has 3 aromatic rings. The zero-order chi connectivity index (χ0) is 13.8. The first-order valence-corrected chi connectivity index (χ1v) is 5.74. The minimum Gasteiger partial charge on any atom is -0.451 e. The Morgan fingerprint density at radius 1 is 1.11 bits per heavy atom. The number of nitrogens with zero attached hydrogens (tertiary/aromatic N) is 2. The lowest BCUT2D eigenvalue weighted by Gasteiger charge is -2.04. The van der Waals surface area contributed by atoms with Gasteiger partial charge < -0.3 is 4.42 Å². The van der Waals surface area contributed by atoms with Gasteiger partial charge in [0.15, 0.2) is 10.7 Å².